The molecule has 0 spiro atoms. The zero-order valence-electron chi connectivity index (χ0n) is 13.0. The van der Waals surface area contributed by atoms with Crippen LogP contribution in [0.2, 0.25) is 0 Å². The smallest absolute Gasteiger partial charge is 0.315 e. The third kappa shape index (κ3) is 5.17. The molecule has 126 valence electrons. The average molecular weight is 347 g/mol. The van der Waals surface area contributed by atoms with Crippen LogP contribution in [0.3, 0.4) is 0 Å². The van der Waals surface area contributed by atoms with Gasteiger partial charge < -0.3 is 10.6 Å². The molecule has 0 heterocycles. The van der Waals surface area contributed by atoms with Crippen molar-refractivity contribution in [3.8, 4) is 0 Å². The largest absolute Gasteiger partial charge is 0.334 e. The minimum atomic E-state index is -1.03. The molecule has 2 aromatic rings. The van der Waals surface area contributed by atoms with Crippen LogP contribution >= 0.6 is 0 Å². The van der Waals surface area contributed by atoms with Gasteiger partial charge in [-0.05, 0) is 23.3 Å². The first kappa shape index (κ1) is 17.6. The first-order valence-electron chi connectivity index (χ1n) is 7.13. The van der Waals surface area contributed by atoms with Gasteiger partial charge in [0.2, 0.25) is 0 Å². The van der Waals surface area contributed by atoms with Crippen molar-refractivity contribution < 1.29 is 13.9 Å². The Morgan fingerprint density at radius 3 is 2.29 bits per heavy atom. The Labute approximate surface area is 141 Å². The molecule has 24 heavy (non-hydrogen) atoms. The zero-order valence-corrected chi connectivity index (χ0v) is 13.8. The quantitative estimate of drug-likeness (QED) is 0.618. The van der Waals surface area contributed by atoms with Gasteiger partial charge in [0.15, 0.2) is 0 Å². The van der Waals surface area contributed by atoms with Gasteiger partial charge in [-0.25, -0.2) is 4.79 Å². The molecule has 2 amide bonds. The SMILES string of the molecule is C[S@](=O)c1ccc(CNC(=O)NCc2cccc([N+](=O)[O-])c2)cc1. The molecule has 0 radical (unpaired) electrons. The Morgan fingerprint density at radius 2 is 1.71 bits per heavy atom. The Balaban J connectivity index is 1.82. The summed E-state index contributed by atoms with van der Waals surface area (Å²) in [6, 6.07) is 12.9. The second kappa shape index (κ2) is 8.21. The number of carbonyl (C=O) groups is 1. The highest BCUT2D eigenvalue weighted by atomic mass is 32.2. The summed E-state index contributed by atoms with van der Waals surface area (Å²) in [6.07, 6.45) is 1.61. The van der Waals surface area contributed by atoms with Gasteiger partial charge in [-0.1, -0.05) is 24.3 Å². The fraction of sp³-hybridized carbons (Fsp3) is 0.188. The number of hydrogen-bond acceptors (Lipinski definition) is 4. The van der Waals surface area contributed by atoms with Crippen LogP contribution in [-0.4, -0.2) is 21.4 Å². The van der Waals surface area contributed by atoms with E-state index in [1.807, 2.05) is 0 Å². The molecule has 2 N–H and O–H groups in total. The van der Waals surface area contributed by atoms with Gasteiger partial charge >= 0.3 is 6.03 Å². The second-order valence-electron chi connectivity index (χ2n) is 5.06. The molecule has 0 saturated carbocycles. The Bertz CT molecular complexity index is 762. The second-order valence-corrected chi connectivity index (χ2v) is 6.44. The van der Waals surface area contributed by atoms with Gasteiger partial charge in [0.1, 0.15) is 0 Å². The van der Waals surface area contributed by atoms with Crippen LogP contribution in [0.5, 0.6) is 0 Å². The molecule has 0 fully saturated rings. The molecule has 7 nitrogen and oxygen atoms in total. The van der Waals surface area contributed by atoms with E-state index in [1.54, 1.807) is 42.7 Å². The van der Waals surface area contributed by atoms with Crippen LogP contribution in [0.1, 0.15) is 11.1 Å². The lowest BCUT2D eigenvalue weighted by molar-refractivity contribution is -0.384. The normalized spacial score (nSPS) is 11.5. The fourth-order valence-electron chi connectivity index (χ4n) is 2.01. The van der Waals surface area contributed by atoms with Crippen molar-refractivity contribution in [1.29, 1.82) is 0 Å². The Morgan fingerprint density at radius 1 is 1.08 bits per heavy atom. The maximum Gasteiger partial charge on any atom is 0.315 e. The van der Waals surface area contributed by atoms with E-state index in [2.05, 4.69) is 10.6 Å². The highest BCUT2D eigenvalue weighted by Gasteiger charge is 2.07. The summed E-state index contributed by atoms with van der Waals surface area (Å²) in [5.74, 6) is 0. The summed E-state index contributed by atoms with van der Waals surface area (Å²) >= 11 is 0. The van der Waals surface area contributed by atoms with Gasteiger partial charge in [-0.2, -0.15) is 0 Å². The third-order valence-electron chi connectivity index (χ3n) is 3.28. The lowest BCUT2D eigenvalue weighted by Crippen LogP contribution is -2.34. The van der Waals surface area contributed by atoms with Crippen LogP contribution in [0.15, 0.2) is 53.4 Å². The van der Waals surface area contributed by atoms with Gasteiger partial charge in [-0.3, -0.25) is 14.3 Å². The predicted octanol–water partition coefficient (Wildman–Crippen LogP) is 2.33. The van der Waals surface area contributed by atoms with E-state index in [9.17, 15) is 19.1 Å². The molecule has 0 aliphatic rings. The number of hydrogen-bond donors (Lipinski definition) is 2. The molecular weight excluding hydrogens is 330 g/mol. The van der Waals surface area contributed by atoms with Crippen LogP contribution in [0.4, 0.5) is 10.5 Å². The topological polar surface area (TPSA) is 101 Å². The van der Waals surface area contributed by atoms with E-state index in [0.717, 1.165) is 10.5 Å². The van der Waals surface area contributed by atoms with Crippen molar-refractivity contribution >= 4 is 22.5 Å². The average Bonchev–Trinajstić information content (AvgIpc) is 2.58. The molecule has 0 aliphatic heterocycles. The van der Waals surface area contributed by atoms with E-state index in [1.165, 1.54) is 12.1 Å². The van der Waals surface area contributed by atoms with Crippen LogP contribution in [0.25, 0.3) is 0 Å². The molecule has 2 aromatic carbocycles. The van der Waals surface area contributed by atoms with E-state index < -0.39 is 15.7 Å². The minimum Gasteiger partial charge on any atom is -0.334 e. The van der Waals surface area contributed by atoms with E-state index >= 15 is 0 Å². The van der Waals surface area contributed by atoms with Gasteiger partial charge in [-0.15, -0.1) is 0 Å². The highest BCUT2D eigenvalue weighted by molar-refractivity contribution is 7.84. The van der Waals surface area contributed by atoms with E-state index in [4.69, 9.17) is 0 Å². The first-order valence-corrected chi connectivity index (χ1v) is 8.69. The zero-order chi connectivity index (χ0) is 17.5. The minimum absolute atomic E-state index is 0.0110. The van der Waals surface area contributed by atoms with Gasteiger partial charge in [0.25, 0.3) is 5.69 Å². The van der Waals surface area contributed by atoms with Crippen LogP contribution in [0, 0.1) is 10.1 Å². The molecule has 8 heteroatoms. The summed E-state index contributed by atoms with van der Waals surface area (Å²) in [6.45, 7) is 0.526. The molecule has 1 atom stereocenters. The number of nitrogens with one attached hydrogen (secondary N) is 2. The summed E-state index contributed by atoms with van der Waals surface area (Å²) in [5, 5.41) is 16.0. The van der Waals surface area contributed by atoms with Crippen molar-refractivity contribution in [1.82, 2.24) is 10.6 Å². The number of amides is 2. The van der Waals surface area contributed by atoms with Crippen molar-refractivity contribution in [2.24, 2.45) is 0 Å². The molecule has 0 unspecified atom stereocenters. The number of nitro groups is 1. The molecular formula is C16H17N3O4S. The standard InChI is InChI=1S/C16H17N3O4S/c1-24(23)15-7-5-12(6-8-15)10-17-16(20)18-11-13-3-2-4-14(9-13)19(21)22/h2-9H,10-11H2,1H3,(H2,17,18,20)/t24-/m0/s1. The number of non-ortho nitro benzene ring substituents is 1. The van der Waals surface area contributed by atoms with Crippen LogP contribution in [-0.2, 0) is 23.9 Å². The number of carbonyl (C=O) groups excluding carboxylic acids is 1. The first-order chi connectivity index (χ1) is 11.5. The summed E-state index contributed by atoms with van der Waals surface area (Å²) in [4.78, 5) is 22.7. The van der Waals surface area contributed by atoms with E-state index in [-0.39, 0.29) is 18.3 Å². The van der Waals surface area contributed by atoms with Crippen molar-refractivity contribution in [3.05, 3.63) is 69.8 Å². The predicted molar refractivity (Wildman–Crippen MR) is 90.9 cm³/mol. The van der Waals surface area contributed by atoms with Gasteiger partial charge in [0, 0.05) is 47.2 Å². The van der Waals surface area contributed by atoms with Crippen molar-refractivity contribution in [2.45, 2.75) is 18.0 Å². The molecule has 0 bridgehead atoms. The molecule has 0 aliphatic carbocycles. The number of nitrogens with zero attached hydrogens (tertiary/aromatic N) is 1. The van der Waals surface area contributed by atoms with E-state index in [0.29, 0.717) is 12.1 Å². The third-order valence-corrected chi connectivity index (χ3v) is 4.22. The summed E-state index contributed by atoms with van der Waals surface area (Å²) in [7, 11) is -1.03. The number of rotatable bonds is 6. The molecule has 2 rings (SSSR count). The number of nitro benzene ring substituents is 1. The number of urea groups is 1. The molecule has 0 aromatic heterocycles. The maximum atomic E-state index is 11.8. The van der Waals surface area contributed by atoms with Crippen LogP contribution < -0.4 is 10.6 Å². The summed E-state index contributed by atoms with van der Waals surface area (Å²) < 4.78 is 11.3. The lowest BCUT2D eigenvalue weighted by atomic mass is 10.2. The Hall–Kier alpha value is -2.74. The molecule has 0 saturated heterocycles. The van der Waals surface area contributed by atoms with Gasteiger partial charge in [0.05, 0.1) is 4.92 Å². The monoisotopic (exact) mass is 347 g/mol. The van der Waals surface area contributed by atoms with Crippen molar-refractivity contribution in [2.75, 3.05) is 6.26 Å². The highest BCUT2D eigenvalue weighted by Crippen LogP contribution is 2.12. The lowest BCUT2D eigenvalue weighted by Gasteiger charge is -2.08. The number of benzene rings is 2. The van der Waals surface area contributed by atoms with Crippen molar-refractivity contribution in [3.63, 3.8) is 0 Å². The summed E-state index contributed by atoms with van der Waals surface area (Å²) in [5.41, 5.74) is 1.52. The maximum absolute atomic E-state index is 11.8. The Kier molecular flexibility index (Phi) is 6.02. The fourth-order valence-corrected chi connectivity index (χ4v) is 2.53.